The lowest BCUT2D eigenvalue weighted by Gasteiger charge is -2.34. The van der Waals surface area contributed by atoms with E-state index in [1.54, 1.807) is 17.8 Å². The molecule has 156 valence electrons. The molecule has 0 radical (unpaired) electrons. The number of aliphatic imine (C=N–C) groups is 1. The average molecular weight is 416 g/mol. The molecule has 2 saturated heterocycles. The van der Waals surface area contributed by atoms with Gasteiger partial charge in [0, 0.05) is 13.1 Å². The molecule has 1 unspecified atom stereocenters. The third-order valence-corrected chi connectivity index (χ3v) is 8.56. The first-order valence-corrected chi connectivity index (χ1v) is 11.7. The Kier molecular flexibility index (Phi) is 4.96. The number of nitrogens with zero attached hydrogens (tertiary/aromatic N) is 2. The second-order valence-corrected chi connectivity index (χ2v) is 10.9. The largest absolute Gasteiger partial charge is 0.472 e. The van der Waals surface area contributed by atoms with Crippen LogP contribution in [0.4, 0.5) is 0 Å². The molecule has 7 heteroatoms. The van der Waals surface area contributed by atoms with Crippen molar-refractivity contribution in [2.24, 2.45) is 22.7 Å². The van der Waals surface area contributed by atoms with Gasteiger partial charge in [-0.1, -0.05) is 18.2 Å². The fourth-order valence-electron chi connectivity index (χ4n) is 5.69. The van der Waals surface area contributed by atoms with E-state index < -0.39 is 4.75 Å². The lowest BCUT2D eigenvalue weighted by molar-refractivity contribution is -0.121. The van der Waals surface area contributed by atoms with Crippen molar-refractivity contribution < 1.29 is 14.0 Å². The molecule has 2 aliphatic carbocycles. The minimum Gasteiger partial charge on any atom is -0.472 e. The van der Waals surface area contributed by atoms with Gasteiger partial charge in [0.15, 0.2) is 5.17 Å². The fraction of sp³-hybridized carbons (Fsp3) is 0.682. The number of rotatable bonds is 4. The van der Waals surface area contributed by atoms with Crippen LogP contribution in [-0.4, -0.2) is 45.8 Å². The number of piperidine rings is 1. The Bertz CT molecular complexity index is 815. The number of nitrogens with one attached hydrogen (secondary N) is 1. The number of amides is 2. The Morgan fingerprint density at radius 2 is 2.14 bits per heavy atom. The van der Waals surface area contributed by atoms with E-state index in [-0.39, 0.29) is 11.8 Å². The van der Waals surface area contributed by atoms with Gasteiger partial charge in [-0.2, -0.15) is 0 Å². The Morgan fingerprint density at radius 1 is 1.31 bits per heavy atom. The third kappa shape index (κ3) is 3.74. The molecule has 2 amide bonds. The van der Waals surface area contributed by atoms with Gasteiger partial charge in [-0.15, -0.1) is 0 Å². The monoisotopic (exact) mass is 415 g/mol. The van der Waals surface area contributed by atoms with E-state index in [9.17, 15) is 9.59 Å². The summed E-state index contributed by atoms with van der Waals surface area (Å²) in [5.74, 6) is 2.18. The Morgan fingerprint density at radius 3 is 2.79 bits per heavy atom. The lowest BCUT2D eigenvalue weighted by atomic mass is 9.87. The van der Waals surface area contributed by atoms with Crippen molar-refractivity contribution in [3.8, 4) is 0 Å². The topological polar surface area (TPSA) is 74.9 Å². The molecule has 4 aliphatic rings. The normalized spacial score (nSPS) is 36.2. The van der Waals surface area contributed by atoms with Crippen LogP contribution >= 0.6 is 11.8 Å². The molecule has 1 aromatic rings. The number of thioether (sulfide) groups is 1. The maximum atomic E-state index is 12.8. The average Bonchev–Trinajstić information content (AvgIpc) is 3.48. The van der Waals surface area contributed by atoms with E-state index in [1.807, 2.05) is 4.90 Å². The van der Waals surface area contributed by atoms with Crippen molar-refractivity contribution in [1.29, 1.82) is 0 Å². The van der Waals surface area contributed by atoms with E-state index in [0.29, 0.717) is 17.5 Å². The summed E-state index contributed by atoms with van der Waals surface area (Å²) in [7, 11) is 0. The first-order chi connectivity index (χ1) is 14.0. The number of likely N-dealkylation sites (tertiary alicyclic amines) is 1. The fourth-order valence-corrected chi connectivity index (χ4v) is 6.91. The Hall–Kier alpha value is -1.76. The van der Waals surface area contributed by atoms with E-state index in [1.165, 1.54) is 38.2 Å². The molecular weight excluding hydrogens is 386 g/mol. The number of amidine groups is 1. The van der Waals surface area contributed by atoms with E-state index in [4.69, 9.17) is 9.41 Å². The highest BCUT2D eigenvalue weighted by atomic mass is 32.2. The molecule has 0 aromatic carbocycles. The number of carbonyl (C=O) groups excluding carboxylic acids is 2. The van der Waals surface area contributed by atoms with Crippen LogP contribution in [0.15, 0.2) is 28.0 Å². The zero-order valence-corrected chi connectivity index (χ0v) is 17.7. The zero-order valence-electron chi connectivity index (χ0n) is 16.9. The van der Waals surface area contributed by atoms with Crippen LogP contribution in [0.1, 0.15) is 62.2 Å². The van der Waals surface area contributed by atoms with Crippen molar-refractivity contribution in [3.63, 3.8) is 0 Å². The zero-order chi connectivity index (χ0) is 20.0. The van der Waals surface area contributed by atoms with Gasteiger partial charge >= 0.3 is 0 Å². The van der Waals surface area contributed by atoms with Crippen LogP contribution in [0.5, 0.6) is 0 Å². The van der Waals surface area contributed by atoms with Crippen LogP contribution in [-0.2, 0) is 4.79 Å². The van der Waals surface area contributed by atoms with Crippen molar-refractivity contribution in [1.82, 2.24) is 10.2 Å². The number of furan rings is 1. The summed E-state index contributed by atoms with van der Waals surface area (Å²) in [5, 5.41) is 3.90. The van der Waals surface area contributed by atoms with Crippen LogP contribution in [0, 0.1) is 17.8 Å². The smallest absolute Gasteiger partial charge is 0.257 e. The molecule has 3 heterocycles. The molecule has 2 bridgehead atoms. The van der Waals surface area contributed by atoms with Crippen molar-refractivity contribution in [2.45, 2.75) is 62.7 Å². The number of hydrogen-bond acceptors (Lipinski definition) is 5. The van der Waals surface area contributed by atoms with E-state index in [2.05, 4.69) is 12.2 Å². The van der Waals surface area contributed by atoms with Gasteiger partial charge in [0.2, 0.25) is 5.91 Å². The van der Waals surface area contributed by atoms with Gasteiger partial charge in [-0.3, -0.25) is 14.6 Å². The van der Waals surface area contributed by atoms with Gasteiger partial charge in [0.1, 0.15) is 6.26 Å². The summed E-state index contributed by atoms with van der Waals surface area (Å²) >= 11 is 1.63. The number of fused-ring (bicyclic) bond motifs is 2. The Labute approximate surface area is 175 Å². The summed E-state index contributed by atoms with van der Waals surface area (Å²) < 4.78 is 4.58. The predicted molar refractivity (Wildman–Crippen MR) is 113 cm³/mol. The number of carbonyl (C=O) groups is 2. The van der Waals surface area contributed by atoms with Gasteiger partial charge in [0.25, 0.3) is 5.91 Å². The summed E-state index contributed by atoms with van der Waals surface area (Å²) in [5.41, 5.74) is 0.614. The highest BCUT2D eigenvalue weighted by Gasteiger charge is 2.46. The first kappa shape index (κ1) is 19.2. The molecule has 4 fully saturated rings. The van der Waals surface area contributed by atoms with Crippen LogP contribution in [0.2, 0.25) is 0 Å². The molecule has 4 atom stereocenters. The highest BCUT2D eigenvalue weighted by Crippen LogP contribution is 2.47. The van der Waals surface area contributed by atoms with Crippen molar-refractivity contribution in [2.75, 3.05) is 13.1 Å². The summed E-state index contributed by atoms with van der Waals surface area (Å²) in [4.78, 5) is 32.1. The molecule has 0 spiro atoms. The molecule has 5 rings (SSSR count). The summed E-state index contributed by atoms with van der Waals surface area (Å²) in [6, 6.07) is 2.13. The van der Waals surface area contributed by atoms with Crippen molar-refractivity contribution in [3.05, 3.63) is 24.2 Å². The number of hydrogen-bond donors (Lipinski definition) is 1. The molecule has 1 aromatic heterocycles. The van der Waals surface area contributed by atoms with Gasteiger partial charge in [-0.25, -0.2) is 0 Å². The van der Waals surface area contributed by atoms with E-state index in [0.717, 1.165) is 49.4 Å². The van der Waals surface area contributed by atoms with Crippen molar-refractivity contribution >= 4 is 28.7 Å². The Balaban J connectivity index is 1.16. The lowest BCUT2D eigenvalue weighted by Crippen LogP contribution is -2.41. The minimum atomic E-state index is -0.447. The van der Waals surface area contributed by atoms with Crippen LogP contribution in [0.25, 0.3) is 0 Å². The van der Waals surface area contributed by atoms with Crippen LogP contribution < -0.4 is 5.32 Å². The van der Waals surface area contributed by atoms with Gasteiger partial charge < -0.3 is 14.6 Å². The standard InChI is InChI=1S/C22H29N3O3S/c1-22(12-14-4-7-25(8-5-14)19(26)17-6-9-28-13-17)20(27)24-21(29-22)23-18-11-15-2-3-16(18)10-15/h6,9,13-16,18H,2-5,7-8,10-12H2,1H3,(H,23,24,27)/t15-,16+,18?,22+/m1/s1. The quantitative estimate of drug-likeness (QED) is 0.814. The van der Waals surface area contributed by atoms with Gasteiger partial charge in [0.05, 0.1) is 22.6 Å². The predicted octanol–water partition coefficient (Wildman–Crippen LogP) is 3.69. The summed E-state index contributed by atoms with van der Waals surface area (Å²) in [6.07, 6.45) is 10.9. The maximum Gasteiger partial charge on any atom is 0.257 e. The minimum absolute atomic E-state index is 0.0386. The van der Waals surface area contributed by atoms with Gasteiger partial charge in [-0.05, 0) is 69.3 Å². The molecular formula is C22H29N3O3S. The van der Waals surface area contributed by atoms with E-state index >= 15 is 0 Å². The molecule has 1 N–H and O–H groups in total. The maximum absolute atomic E-state index is 12.8. The molecule has 2 saturated carbocycles. The van der Waals surface area contributed by atoms with Crippen LogP contribution in [0.3, 0.4) is 0 Å². The first-order valence-electron chi connectivity index (χ1n) is 10.9. The molecule has 29 heavy (non-hydrogen) atoms. The highest BCUT2D eigenvalue weighted by molar-refractivity contribution is 8.16. The second kappa shape index (κ2) is 7.49. The molecule has 2 aliphatic heterocycles. The molecule has 6 nitrogen and oxygen atoms in total. The third-order valence-electron chi connectivity index (χ3n) is 7.35. The SMILES string of the molecule is C[C@@]1(CC2CCN(C(=O)c3ccoc3)CC2)SC(=NC2C[C@@H]3CC[C@H]2C3)NC1=O. The summed E-state index contributed by atoms with van der Waals surface area (Å²) in [6.45, 7) is 3.53. The second-order valence-electron chi connectivity index (χ2n) is 9.42.